The first kappa shape index (κ1) is 10.9. The lowest BCUT2D eigenvalue weighted by molar-refractivity contribution is 0.107. The molecule has 0 spiro atoms. The Bertz CT molecular complexity index is 535. The smallest absolute Gasteiger partial charge is 0.147 e. The standard InChI is InChI=1S/C13H11BrO3/c14-10-5-6-16-13(10)12(15)9-7-17-11-4-2-1-3-8(9)11/h1-6,9,12,15H,7H2. The first-order chi connectivity index (χ1) is 8.27. The molecule has 2 unspecified atom stereocenters. The van der Waals surface area contributed by atoms with Gasteiger partial charge in [-0.25, -0.2) is 0 Å². The molecule has 1 aromatic carbocycles. The number of fused-ring (bicyclic) bond motifs is 1. The molecule has 2 heterocycles. The highest BCUT2D eigenvalue weighted by atomic mass is 79.9. The lowest BCUT2D eigenvalue weighted by atomic mass is 9.94. The molecule has 2 aromatic rings. The first-order valence-corrected chi connectivity index (χ1v) is 6.19. The van der Waals surface area contributed by atoms with E-state index in [9.17, 15) is 5.11 Å². The van der Waals surface area contributed by atoms with E-state index in [-0.39, 0.29) is 5.92 Å². The van der Waals surface area contributed by atoms with Gasteiger partial charge >= 0.3 is 0 Å². The van der Waals surface area contributed by atoms with Crippen molar-refractivity contribution in [3.8, 4) is 5.75 Å². The van der Waals surface area contributed by atoms with Crippen LogP contribution in [-0.2, 0) is 0 Å². The summed E-state index contributed by atoms with van der Waals surface area (Å²) < 4.78 is 11.6. The lowest BCUT2D eigenvalue weighted by Gasteiger charge is -2.15. The maximum Gasteiger partial charge on any atom is 0.147 e. The van der Waals surface area contributed by atoms with Crippen molar-refractivity contribution >= 4 is 15.9 Å². The van der Waals surface area contributed by atoms with Crippen molar-refractivity contribution < 1.29 is 14.3 Å². The van der Waals surface area contributed by atoms with Gasteiger partial charge in [-0.2, -0.15) is 0 Å². The van der Waals surface area contributed by atoms with E-state index in [1.807, 2.05) is 24.3 Å². The summed E-state index contributed by atoms with van der Waals surface area (Å²) in [4.78, 5) is 0. The Kier molecular flexibility index (Phi) is 2.68. The third-order valence-electron chi connectivity index (χ3n) is 3.03. The Labute approximate surface area is 107 Å². The Morgan fingerprint density at radius 3 is 2.88 bits per heavy atom. The molecule has 1 aromatic heterocycles. The number of hydrogen-bond acceptors (Lipinski definition) is 3. The van der Waals surface area contributed by atoms with Crippen LogP contribution in [-0.4, -0.2) is 11.7 Å². The highest BCUT2D eigenvalue weighted by Crippen LogP contribution is 2.42. The Morgan fingerprint density at radius 2 is 2.12 bits per heavy atom. The van der Waals surface area contributed by atoms with E-state index >= 15 is 0 Å². The van der Waals surface area contributed by atoms with E-state index in [4.69, 9.17) is 9.15 Å². The van der Waals surface area contributed by atoms with Crippen LogP contribution >= 0.6 is 15.9 Å². The van der Waals surface area contributed by atoms with Crippen molar-refractivity contribution in [3.63, 3.8) is 0 Å². The lowest BCUT2D eigenvalue weighted by Crippen LogP contribution is -2.12. The van der Waals surface area contributed by atoms with Crippen LogP contribution in [0.25, 0.3) is 0 Å². The second kappa shape index (κ2) is 4.20. The summed E-state index contributed by atoms with van der Waals surface area (Å²) in [6.07, 6.45) is 0.868. The molecule has 17 heavy (non-hydrogen) atoms. The van der Waals surface area contributed by atoms with Crippen molar-refractivity contribution in [1.82, 2.24) is 0 Å². The summed E-state index contributed by atoms with van der Waals surface area (Å²) in [7, 11) is 0. The van der Waals surface area contributed by atoms with Crippen LogP contribution in [0.1, 0.15) is 23.3 Å². The number of ether oxygens (including phenoxy) is 1. The molecule has 0 saturated heterocycles. The van der Waals surface area contributed by atoms with Crippen LogP contribution in [0.4, 0.5) is 0 Å². The highest BCUT2D eigenvalue weighted by Gasteiger charge is 2.33. The first-order valence-electron chi connectivity index (χ1n) is 5.40. The minimum absolute atomic E-state index is 0.0753. The summed E-state index contributed by atoms with van der Waals surface area (Å²) >= 11 is 3.36. The van der Waals surface area contributed by atoms with E-state index in [2.05, 4.69) is 15.9 Å². The van der Waals surface area contributed by atoms with Gasteiger partial charge in [0.15, 0.2) is 0 Å². The van der Waals surface area contributed by atoms with E-state index < -0.39 is 6.10 Å². The molecular weight excluding hydrogens is 284 g/mol. The highest BCUT2D eigenvalue weighted by molar-refractivity contribution is 9.10. The minimum Gasteiger partial charge on any atom is -0.493 e. The van der Waals surface area contributed by atoms with Gasteiger partial charge in [0.2, 0.25) is 0 Å². The number of benzene rings is 1. The van der Waals surface area contributed by atoms with Crippen LogP contribution in [0, 0.1) is 0 Å². The normalized spacial score (nSPS) is 19.8. The molecule has 0 amide bonds. The quantitative estimate of drug-likeness (QED) is 0.924. The van der Waals surface area contributed by atoms with Gasteiger partial charge in [-0.05, 0) is 28.1 Å². The third kappa shape index (κ3) is 1.77. The molecule has 0 aliphatic carbocycles. The summed E-state index contributed by atoms with van der Waals surface area (Å²) in [6.45, 7) is 0.480. The molecule has 3 nitrogen and oxygen atoms in total. The molecule has 3 rings (SSSR count). The van der Waals surface area contributed by atoms with Gasteiger partial charge in [-0.15, -0.1) is 0 Å². The fourth-order valence-electron chi connectivity index (χ4n) is 2.15. The fraction of sp³-hybridized carbons (Fsp3) is 0.231. The number of furan rings is 1. The van der Waals surface area contributed by atoms with Crippen LogP contribution in [0.5, 0.6) is 5.75 Å². The molecule has 1 aliphatic heterocycles. The second-order valence-corrected chi connectivity index (χ2v) is 4.89. The van der Waals surface area contributed by atoms with Crippen molar-refractivity contribution in [2.75, 3.05) is 6.61 Å². The Balaban J connectivity index is 1.95. The molecule has 0 bridgehead atoms. The van der Waals surface area contributed by atoms with Crippen LogP contribution in [0.3, 0.4) is 0 Å². The predicted molar refractivity (Wildman–Crippen MR) is 66.0 cm³/mol. The number of aliphatic hydroxyl groups excluding tert-OH is 1. The molecule has 0 radical (unpaired) electrons. The van der Waals surface area contributed by atoms with Gasteiger partial charge in [-0.1, -0.05) is 18.2 Å². The van der Waals surface area contributed by atoms with Gasteiger partial charge in [0.1, 0.15) is 17.6 Å². The van der Waals surface area contributed by atoms with Crippen LogP contribution < -0.4 is 4.74 Å². The molecule has 88 valence electrons. The van der Waals surface area contributed by atoms with Gasteiger partial charge in [-0.3, -0.25) is 0 Å². The summed E-state index contributed by atoms with van der Waals surface area (Å²) in [5, 5.41) is 10.3. The minimum atomic E-state index is -0.692. The van der Waals surface area contributed by atoms with Crippen molar-refractivity contribution in [3.05, 3.63) is 52.4 Å². The number of rotatable bonds is 2. The Morgan fingerprint density at radius 1 is 1.29 bits per heavy atom. The van der Waals surface area contributed by atoms with E-state index in [1.54, 1.807) is 12.3 Å². The van der Waals surface area contributed by atoms with Crippen LogP contribution in [0.15, 0.2) is 45.5 Å². The summed E-state index contributed by atoms with van der Waals surface area (Å²) in [5.74, 6) is 1.32. The SMILES string of the molecule is OC(c1occc1Br)C1COc2ccccc21. The third-order valence-corrected chi connectivity index (χ3v) is 3.69. The zero-order valence-corrected chi connectivity index (χ0v) is 10.6. The number of para-hydroxylation sites is 1. The summed E-state index contributed by atoms with van der Waals surface area (Å²) in [5.41, 5.74) is 1.03. The average Bonchev–Trinajstić information content (AvgIpc) is 2.94. The van der Waals surface area contributed by atoms with E-state index in [1.165, 1.54) is 0 Å². The summed E-state index contributed by atoms with van der Waals surface area (Å²) in [6, 6.07) is 9.55. The second-order valence-electron chi connectivity index (χ2n) is 4.03. The van der Waals surface area contributed by atoms with Gasteiger partial charge < -0.3 is 14.3 Å². The number of halogens is 1. The molecule has 1 N–H and O–H groups in total. The molecule has 2 atom stereocenters. The van der Waals surface area contributed by atoms with Gasteiger partial charge in [0, 0.05) is 5.56 Å². The Hall–Kier alpha value is -1.26. The molecule has 4 heteroatoms. The molecular formula is C13H11BrO3. The molecule has 1 aliphatic rings. The monoisotopic (exact) mass is 294 g/mol. The van der Waals surface area contributed by atoms with Crippen molar-refractivity contribution in [1.29, 1.82) is 0 Å². The zero-order valence-electron chi connectivity index (χ0n) is 8.97. The van der Waals surface area contributed by atoms with Crippen LogP contribution in [0.2, 0.25) is 0 Å². The molecule has 0 fully saturated rings. The maximum atomic E-state index is 10.3. The van der Waals surface area contributed by atoms with E-state index in [0.717, 1.165) is 15.8 Å². The van der Waals surface area contributed by atoms with Gasteiger partial charge in [0.25, 0.3) is 0 Å². The fourth-order valence-corrected chi connectivity index (χ4v) is 2.58. The number of hydrogen-bond donors (Lipinski definition) is 1. The van der Waals surface area contributed by atoms with Gasteiger partial charge in [0.05, 0.1) is 23.3 Å². The van der Waals surface area contributed by atoms with E-state index in [0.29, 0.717) is 12.4 Å². The maximum absolute atomic E-state index is 10.3. The zero-order chi connectivity index (χ0) is 11.8. The largest absolute Gasteiger partial charge is 0.493 e. The number of aliphatic hydroxyl groups is 1. The average molecular weight is 295 g/mol. The van der Waals surface area contributed by atoms with Crippen molar-refractivity contribution in [2.24, 2.45) is 0 Å². The molecule has 0 saturated carbocycles. The van der Waals surface area contributed by atoms with Crippen molar-refractivity contribution in [2.45, 2.75) is 12.0 Å². The topological polar surface area (TPSA) is 42.6 Å². The predicted octanol–water partition coefficient (Wildman–Crippen LogP) is 3.25.